The van der Waals surface area contributed by atoms with Gasteiger partial charge < -0.3 is 16.2 Å². The first-order valence-electron chi connectivity index (χ1n) is 4.80. The molecule has 4 nitrogen and oxygen atoms in total. The van der Waals surface area contributed by atoms with Crippen LogP contribution in [0.3, 0.4) is 0 Å². The maximum atomic E-state index is 13.4. The first kappa shape index (κ1) is 12.4. The molecule has 0 aliphatic rings. The molecule has 4 N–H and O–H groups in total. The van der Waals surface area contributed by atoms with Gasteiger partial charge in [0.15, 0.2) is 11.6 Å². The molecule has 0 aliphatic heterocycles. The number of halogens is 1. The fourth-order valence-electron chi connectivity index (χ4n) is 1.03. The molecular weight excluding hydrogens is 211 g/mol. The van der Waals surface area contributed by atoms with Crippen LogP contribution in [-0.2, 0) is 0 Å². The maximum absolute atomic E-state index is 13.4. The Kier molecular flexibility index (Phi) is 3.49. The molecule has 0 atom stereocenters. The predicted molar refractivity (Wildman–Crippen MR) is 58.7 cm³/mol. The molecule has 16 heavy (non-hydrogen) atoms. The number of amides is 1. The molecule has 1 aromatic carbocycles. The molecule has 1 amide bonds. The molecule has 1 rings (SSSR count). The van der Waals surface area contributed by atoms with Crippen molar-refractivity contribution >= 4 is 5.91 Å². The normalized spacial score (nSPS) is 11.2. The summed E-state index contributed by atoms with van der Waals surface area (Å²) in [5, 5.41) is 0. The Morgan fingerprint density at radius 1 is 1.50 bits per heavy atom. The predicted octanol–water partition coefficient (Wildman–Crippen LogP) is 1.04. The van der Waals surface area contributed by atoms with Crippen molar-refractivity contribution in [2.75, 3.05) is 6.61 Å². The summed E-state index contributed by atoms with van der Waals surface area (Å²) in [4.78, 5) is 10.8. The van der Waals surface area contributed by atoms with E-state index in [9.17, 15) is 9.18 Å². The van der Waals surface area contributed by atoms with Crippen molar-refractivity contribution in [2.45, 2.75) is 19.4 Å². The van der Waals surface area contributed by atoms with Crippen LogP contribution >= 0.6 is 0 Å². The summed E-state index contributed by atoms with van der Waals surface area (Å²) in [6.45, 7) is 3.71. The molecule has 0 saturated carbocycles. The van der Waals surface area contributed by atoms with Gasteiger partial charge in [-0.1, -0.05) is 0 Å². The van der Waals surface area contributed by atoms with Crippen LogP contribution in [0.4, 0.5) is 4.39 Å². The van der Waals surface area contributed by atoms with Gasteiger partial charge in [-0.15, -0.1) is 0 Å². The molecule has 0 aliphatic carbocycles. The molecule has 0 bridgehead atoms. The first-order valence-corrected chi connectivity index (χ1v) is 4.80. The second-order valence-corrected chi connectivity index (χ2v) is 4.29. The lowest BCUT2D eigenvalue weighted by Gasteiger charge is -2.19. The summed E-state index contributed by atoms with van der Waals surface area (Å²) >= 11 is 0. The minimum absolute atomic E-state index is 0.0588. The van der Waals surface area contributed by atoms with E-state index >= 15 is 0 Å². The van der Waals surface area contributed by atoms with Crippen molar-refractivity contribution in [3.05, 3.63) is 29.6 Å². The van der Waals surface area contributed by atoms with Gasteiger partial charge in [0, 0.05) is 11.1 Å². The number of benzene rings is 1. The van der Waals surface area contributed by atoms with Crippen LogP contribution in [-0.4, -0.2) is 18.1 Å². The smallest absolute Gasteiger partial charge is 0.248 e. The van der Waals surface area contributed by atoms with Gasteiger partial charge >= 0.3 is 0 Å². The van der Waals surface area contributed by atoms with E-state index < -0.39 is 17.3 Å². The molecule has 5 heteroatoms. The van der Waals surface area contributed by atoms with E-state index in [2.05, 4.69) is 0 Å². The highest BCUT2D eigenvalue weighted by Gasteiger charge is 2.14. The number of carbonyl (C=O) groups excluding carboxylic acids is 1. The van der Waals surface area contributed by atoms with Crippen molar-refractivity contribution in [2.24, 2.45) is 11.5 Å². The Labute approximate surface area is 93.4 Å². The highest BCUT2D eigenvalue weighted by atomic mass is 19.1. The molecule has 0 unspecified atom stereocenters. The van der Waals surface area contributed by atoms with Gasteiger partial charge in [-0.2, -0.15) is 0 Å². The molecule has 0 aromatic heterocycles. The molecule has 0 radical (unpaired) electrons. The summed E-state index contributed by atoms with van der Waals surface area (Å²) in [5.41, 5.74) is 10.3. The number of nitrogens with two attached hydrogens (primary N) is 2. The fourth-order valence-corrected chi connectivity index (χ4v) is 1.03. The maximum Gasteiger partial charge on any atom is 0.248 e. The Morgan fingerprint density at radius 3 is 2.56 bits per heavy atom. The average molecular weight is 226 g/mol. The summed E-state index contributed by atoms with van der Waals surface area (Å²) in [6, 6.07) is 3.81. The van der Waals surface area contributed by atoms with E-state index in [4.69, 9.17) is 16.2 Å². The third kappa shape index (κ3) is 3.51. The van der Waals surface area contributed by atoms with Crippen molar-refractivity contribution in [3.63, 3.8) is 0 Å². The molecule has 0 spiro atoms. The lowest BCUT2D eigenvalue weighted by atomic mass is 10.1. The van der Waals surface area contributed by atoms with Crippen LogP contribution in [0.5, 0.6) is 5.75 Å². The lowest BCUT2D eigenvalue weighted by Crippen LogP contribution is -2.38. The Bertz CT molecular complexity index is 399. The summed E-state index contributed by atoms with van der Waals surface area (Å²) in [5.74, 6) is -1.24. The van der Waals surface area contributed by atoms with Crippen LogP contribution in [0, 0.1) is 5.82 Å². The quantitative estimate of drug-likeness (QED) is 0.805. The van der Waals surface area contributed by atoms with Gasteiger partial charge in [-0.25, -0.2) is 4.39 Å². The van der Waals surface area contributed by atoms with Crippen LogP contribution < -0.4 is 16.2 Å². The van der Waals surface area contributed by atoms with Gasteiger partial charge in [0.2, 0.25) is 5.91 Å². The number of ether oxygens (including phenoxy) is 1. The largest absolute Gasteiger partial charge is 0.489 e. The standard InChI is InChI=1S/C11H15FN2O2/c1-11(2,14)6-16-9-4-3-7(10(13)15)5-8(9)12/h3-5H,6,14H2,1-2H3,(H2,13,15). The summed E-state index contributed by atoms with van der Waals surface area (Å²) in [7, 11) is 0. The first-order chi connectivity index (χ1) is 7.29. The zero-order valence-electron chi connectivity index (χ0n) is 9.29. The third-order valence-electron chi connectivity index (χ3n) is 1.82. The minimum atomic E-state index is -0.676. The molecule has 0 heterocycles. The molecule has 0 fully saturated rings. The van der Waals surface area contributed by atoms with E-state index in [1.165, 1.54) is 12.1 Å². The number of hydrogen-bond acceptors (Lipinski definition) is 3. The topological polar surface area (TPSA) is 78.3 Å². The SMILES string of the molecule is CC(C)(N)COc1ccc(C(N)=O)cc1F. The van der Waals surface area contributed by atoms with Crippen LogP contribution in [0.25, 0.3) is 0 Å². The Balaban J connectivity index is 2.80. The summed E-state index contributed by atoms with van der Waals surface area (Å²) in [6.07, 6.45) is 0. The Morgan fingerprint density at radius 2 is 2.12 bits per heavy atom. The molecule has 88 valence electrons. The van der Waals surface area contributed by atoms with Crippen molar-refractivity contribution < 1.29 is 13.9 Å². The van der Waals surface area contributed by atoms with Crippen molar-refractivity contribution in [1.29, 1.82) is 0 Å². The number of carbonyl (C=O) groups is 1. The van der Waals surface area contributed by atoms with E-state index in [1.54, 1.807) is 13.8 Å². The zero-order chi connectivity index (χ0) is 12.3. The van der Waals surface area contributed by atoms with Gasteiger partial charge in [0.25, 0.3) is 0 Å². The minimum Gasteiger partial charge on any atom is -0.489 e. The van der Waals surface area contributed by atoms with E-state index in [0.29, 0.717) is 0 Å². The van der Waals surface area contributed by atoms with Crippen LogP contribution in [0.15, 0.2) is 18.2 Å². The van der Waals surface area contributed by atoms with Gasteiger partial charge in [-0.3, -0.25) is 4.79 Å². The highest BCUT2D eigenvalue weighted by molar-refractivity contribution is 5.92. The van der Waals surface area contributed by atoms with Crippen molar-refractivity contribution in [1.82, 2.24) is 0 Å². The molecular formula is C11H15FN2O2. The van der Waals surface area contributed by atoms with Gasteiger partial charge in [-0.05, 0) is 32.0 Å². The highest BCUT2D eigenvalue weighted by Crippen LogP contribution is 2.19. The second kappa shape index (κ2) is 4.49. The summed E-state index contributed by atoms with van der Waals surface area (Å²) < 4.78 is 18.6. The number of primary amides is 1. The third-order valence-corrected chi connectivity index (χ3v) is 1.82. The fraction of sp³-hybridized carbons (Fsp3) is 0.364. The van der Waals surface area contributed by atoms with Crippen LogP contribution in [0.2, 0.25) is 0 Å². The lowest BCUT2D eigenvalue weighted by molar-refractivity contribution is 0.0999. The number of hydrogen-bond donors (Lipinski definition) is 2. The zero-order valence-corrected chi connectivity index (χ0v) is 9.29. The van der Waals surface area contributed by atoms with Gasteiger partial charge in [0.1, 0.15) is 6.61 Å². The van der Waals surface area contributed by atoms with Gasteiger partial charge in [0.05, 0.1) is 0 Å². The van der Waals surface area contributed by atoms with E-state index in [0.717, 1.165) is 6.07 Å². The Hall–Kier alpha value is -1.62. The number of rotatable bonds is 4. The van der Waals surface area contributed by atoms with E-state index in [-0.39, 0.29) is 17.9 Å². The second-order valence-electron chi connectivity index (χ2n) is 4.29. The molecule has 1 aromatic rings. The average Bonchev–Trinajstić information content (AvgIpc) is 2.14. The van der Waals surface area contributed by atoms with Crippen molar-refractivity contribution in [3.8, 4) is 5.75 Å². The van der Waals surface area contributed by atoms with Crippen LogP contribution in [0.1, 0.15) is 24.2 Å². The van der Waals surface area contributed by atoms with E-state index in [1.807, 2.05) is 0 Å². The monoisotopic (exact) mass is 226 g/mol. The molecule has 0 saturated heterocycles.